The molecule has 0 spiro atoms. The predicted octanol–water partition coefficient (Wildman–Crippen LogP) is 5.58. The predicted molar refractivity (Wildman–Crippen MR) is 98.7 cm³/mol. The highest BCUT2D eigenvalue weighted by Crippen LogP contribution is 2.40. The number of hydrogen-bond acceptors (Lipinski definition) is 3. The van der Waals surface area contributed by atoms with Gasteiger partial charge in [0.05, 0.1) is 0 Å². The summed E-state index contributed by atoms with van der Waals surface area (Å²) in [7, 11) is 0. The van der Waals surface area contributed by atoms with Crippen LogP contribution >= 0.6 is 11.8 Å². The minimum Gasteiger partial charge on any atom is -0.489 e. The van der Waals surface area contributed by atoms with Crippen molar-refractivity contribution in [3.05, 3.63) is 59.7 Å². The Kier molecular flexibility index (Phi) is 6.64. The third kappa shape index (κ3) is 5.42. The summed E-state index contributed by atoms with van der Waals surface area (Å²) in [6.07, 6.45) is -5.55. The monoisotopic (exact) mass is 384 g/mol. The van der Waals surface area contributed by atoms with E-state index in [-0.39, 0.29) is 0 Å². The summed E-state index contributed by atoms with van der Waals surface area (Å²) in [5, 5.41) is 9.54. The molecular formula is C20H23F3O2S. The number of aliphatic hydroxyl groups is 1. The maximum Gasteiger partial charge on any atom is 0.414 e. The van der Waals surface area contributed by atoms with Gasteiger partial charge in [-0.15, -0.1) is 11.8 Å². The van der Waals surface area contributed by atoms with Crippen LogP contribution in [0.15, 0.2) is 53.4 Å². The highest BCUT2D eigenvalue weighted by Gasteiger charge is 2.42. The van der Waals surface area contributed by atoms with Crippen LogP contribution in [0.1, 0.15) is 31.4 Å². The van der Waals surface area contributed by atoms with Gasteiger partial charge in [-0.3, -0.25) is 0 Å². The van der Waals surface area contributed by atoms with Gasteiger partial charge in [-0.25, -0.2) is 0 Å². The Labute approximate surface area is 156 Å². The van der Waals surface area contributed by atoms with E-state index in [1.165, 1.54) is 11.8 Å². The van der Waals surface area contributed by atoms with Gasteiger partial charge in [0.1, 0.15) is 12.4 Å². The molecule has 0 saturated carbocycles. The van der Waals surface area contributed by atoms with E-state index in [0.29, 0.717) is 17.9 Å². The second-order valence-corrected chi connectivity index (χ2v) is 7.66. The summed E-state index contributed by atoms with van der Waals surface area (Å²) in [5.74, 6) is 0.533. The zero-order chi connectivity index (χ0) is 19.4. The molecule has 2 nitrogen and oxygen atoms in total. The van der Waals surface area contributed by atoms with Crippen LogP contribution in [0.2, 0.25) is 0 Å². The summed E-state index contributed by atoms with van der Waals surface area (Å²) >= 11 is 1.51. The molecule has 1 N–H and O–H groups in total. The van der Waals surface area contributed by atoms with E-state index in [0.717, 1.165) is 10.5 Å². The van der Waals surface area contributed by atoms with Gasteiger partial charge in [-0.1, -0.05) is 44.2 Å². The number of hydrogen-bond donors (Lipinski definition) is 1. The van der Waals surface area contributed by atoms with Gasteiger partial charge >= 0.3 is 6.18 Å². The van der Waals surface area contributed by atoms with Gasteiger partial charge in [0.2, 0.25) is 0 Å². The minimum absolute atomic E-state index is 0.324. The molecule has 0 aliphatic rings. The normalized spacial score (nSPS) is 13.5. The van der Waals surface area contributed by atoms with Crippen molar-refractivity contribution in [2.75, 3.05) is 6.26 Å². The van der Waals surface area contributed by atoms with Crippen LogP contribution < -0.4 is 4.74 Å². The maximum absolute atomic E-state index is 12.8. The third-order valence-electron chi connectivity index (χ3n) is 4.23. The van der Waals surface area contributed by atoms with Gasteiger partial charge in [-0.2, -0.15) is 13.2 Å². The number of aliphatic hydroxyl groups excluding tert-OH is 1. The third-order valence-corrected chi connectivity index (χ3v) is 4.96. The molecule has 142 valence electrons. The molecule has 2 rings (SSSR count). The van der Waals surface area contributed by atoms with E-state index < -0.39 is 24.1 Å². The Morgan fingerprint density at radius 1 is 1.08 bits per heavy atom. The van der Waals surface area contributed by atoms with Gasteiger partial charge in [0.15, 0.2) is 6.10 Å². The quantitative estimate of drug-likeness (QED) is 0.632. The first-order valence-corrected chi connectivity index (χ1v) is 9.46. The van der Waals surface area contributed by atoms with Crippen molar-refractivity contribution in [1.29, 1.82) is 0 Å². The molecule has 0 heterocycles. The Morgan fingerprint density at radius 2 is 1.73 bits per heavy atom. The molecule has 0 aliphatic heterocycles. The average Bonchev–Trinajstić information content (AvgIpc) is 2.59. The van der Waals surface area contributed by atoms with Crippen molar-refractivity contribution < 1.29 is 23.0 Å². The SMILES string of the molecule is CSc1ccc(OCc2ccccc2)c(C(C)(C)CC(O)C(F)(F)F)c1. The molecule has 2 aromatic carbocycles. The summed E-state index contributed by atoms with van der Waals surface area (Å²) in [6.45, 7) is 3.71. The summed E-state index contributed by atoms with van der Waals surface area (Å²) < 4.78 is 44.4. The number of rotatable bonds is 7. The largest absolute Gasteiger partial charge is 0.489 e. The van der Waals surface area contributed by atoms with E-state index in [9.17, 15) is 18.3 Å². The van der Waals surface area contributed by atoms with Crippen molar-refractivity contribution in [2.45, 2.75) is 49.5 Å². The Bertz CT molecular complexity index is 715. The van der Waals surface area contributed by atoms with Gasteiger partial charge in [0, 0.05) is 10.5 Å². The summed E-state index contributed by atoms with van der Waals surface area (Å²) in [6, 6.07) is 15.1. The van der Waals surface area contributed by atoms with Crippen LogP contribution in [0.3, 0.4) is 0 Å². The van der Waals surface area contributed by atoms with Crippen LogP contribution in [0.25, 0.3) is 0 Å². The molecule has 0 fully saturated rings. The fourth-order valence-corrected chi connectivity index (χ4v) is 3.18. The van der Waals surface area contributed by atoms with E-state index in [1.54, 1.807) is 19.9 Å². The molecule has 26 heavy (non-hydrogen) atoms. The Balaban J connectivity index is 2.29. The molecule has 2 aromatic rings. The fraction of sp³-hybridized carbons (Fsp3) is 0.400. The van der Waals surface area contributed by atoms with E-state index >= 15 is 0 Å². The van der Waals surface area contributed by atoms with E-state index in [4.69, 9.17) is 4.74 Å². The van der Waals surface area contributed by atoms with Gasteiger partial charge in [-0.05, 0) is 41.9 Å². The molecule has 0 radical (unpaired) electrons. The van der Waals surface area contributed by atoms with Crippen molar-refractivity contribution in [3.8, 4) is 5.75 Å². The Hall–Kier alpha value is -1.66. The maximum atomic E-state index is 12.8. The lowest BCUT2D eigenvalue weighted by Crippen LogP contribution is -2.35. The Morgan fingerprint density at radius 3 is 2.31 bits per heavy atom. The van der Waals surface area contributed by atoms with Crippen molar-refractivity contribution in [2.24, 2.45) is 0 Å². The zero-order valence-corrected chi connectivity index (χ0v) is 15.8. The van der Waals surface area contributed by atoms with Crippen LogP contribution in [0.5, 0.6) is 5.75 Å². The van der Waals surface area contributed by atoms with Gasteiger partial charge in [0.25, 0.3) is 0 Å². The average molecular weight is 384 g/mol. The number of thioether (sulfide) groups is 1. The fourth-order valence-electron chi connectivity index (χ4n) is 2.74. The zero-order valence-electron chi connectivity index (χ0n) is 15.0. The standard InChI is InChI=1S/C20H23F3O2S/c1-19(2,12-18(24)20(21,22)23)16-11-15(26-3)9-10-17(16)25-13-14-7-5-4-6-8-14/h4-11,18,24H,12-13H2,1-3H3. The molecule has 0 amide bonds. The van der Waals surface area contributed by atoms with E-state index in [2.05, 4.69) is 0 Å². The van der Waals surface area contributed by atoms with Crippen LogP contribution in [0.4, 0.5) is 13.2 Å². The van der Waals surface area contributed by atoms with Crippen molar-refractivity contribution in [1.82, 2.24) is 0 Å². The highest BCUT2D eigenvalue weighted by molar-refractivity contribution is 7.98. The minimum atomic E-state index is -4.64. The lowest BCUT2D eigenvalue weighted by molar-refractivity contribution is -0.209. The lowest BCUT2D eigenvalue weighted by Gasteiger charge is -2.31. The first-order valence-electron chi connectivity index (χ1n) is 8.23. The number of ether oxygens (including phenoxy) is 1. The molecule has 0 aromatic heterocycles. The molecule has 1 unspecified atom stereocenters. The molecule has 0 aliphatic carbocycles. The lowest BCUT2D eigenvalue weighted by atomic mass is 9.79. The second-order valence-electron chi connectivity index (χ2n) is 6.78. The molecule has 0 bridgehead atoms. The number of halogens is 3. The number of benzene rings is 2. The van der Waals surface area contributed by atoms with Crippen LogP contribution in [-0.2, 0) is 12.0 Å². The second kappa shape index (κ2) is 8.35. The van der Waals surface area contributed by atoms with Crippen molar-refractivity contribution >= 4 is 11.8 Å². The topological polar surface area (TPSA) is 29.5 Å². The number of alkyl halides is 3. The molecule has 1 atom stereocenters. The highest BCUT2D eigenvalue weighted by atomic mass is 32.2. The van der Waals surface area contributed by atoms with Crippen LogP contribution in [-0.4, -0.2) is 23.6 Å². The first-order chi connectivity index (χ1) is 12.1. The van der Waals surface area contributed by atoms with Gasteiger partial charge < -0.3 is 9.84 Å². The summed E-state index contributed by atoms with van der Waals surface area (Å²) in [4.78, 5) is 0.932. The first kappa shape index (κ1) is 20.6. The smallest absolute Gasteiger partial charge is 0.414 e. The molecule has 6 heteroatoms. The molecular weight excluding hydrogens is 361 g/mol. The van der Waals surface area contributed by atoms with Crippen LogP contribution in [0, 0.1) is 0 Å². The van der Waals surface area contributed by atoms with E-state index in [1.807, 2.05) is 48.7 Å². The molecule has 0 saturated heterocycles. The summed E-state index contributed by atoms with van der Waals surface area (Å²) in [5.41, 5.74) is 0.719. The van der Waals surface area contributed by atoms with Crippen molar-refractivity contribution in [3.63, 3.8) is 0 Å².